The number of nitrogens with one attached hydrogen (secondary N) is 2. The molecular weight excluding hydrogens is 432 g/mol. The van der Waals surface area contributed by atoms with Gasteiger partial charge in [0, 0.05) is 31.3 Å². The van der Waals surface area contributed by atoms with E-state index in [1.54, 1.807) is 0 Å². The summed E-state index contributed by atoms with van der Waals surface area (Å²) in [7, 11) is 0. The summed E-state index contributed by atoms with van der Waals surface area (Å²) in [5, 5.41) is 14.4. The van der Waals surface area contributed by atoms with Crippen LogP contribution in [0.5, 0.6) is 0 Å². The number of rotatable bonds is 12. The predicted octanol–water partition coefficient (Wildman–Crippen LogP) is 4.70. The third-order valence-corrected chi connectivity index (χ3v) is 6.32. The summed E-state index contributed by atoms with van der Waals surface area (Å²) < 4.78 is 5.56. The predicted molar refractivity (Wildman–Crippen MR) is 131 cm³/mol. The van der Waals surface area contributed by atoms with Crippen LogP contribution >= 0.6 is 0 Å². The van der Waals surface area contributed by atoms with Crippen LogP contribution in [0.25, 0.3) is 11.1 Å². The van der Waals surface area contributed by atoms with Crippen molar-refractivity contribution in [1.82, 2.24) is 10.6 Å². The number of carbonyl (C=O) groups is 3. The number of hydrogen-bond acceptors (Lipinski definition) is 4. The van der Waals surface area contributed by atoms with Crippen molar-refractivity contribution in [2.75, 3.05) is 13.2 Å². The van der Waals surface area contributed by atoms with Gasteiger partial charge < -0.3 is 20.5 Å². The first kappa shape index (κ1) is 25.3. The third-order valence-electron chi connectivity index (χ3n) is 6.32. The highest BCUT2D eigenvalue weighted by Crippen LogP contribution is 2.44. The highest BCUT2D eigenvalue weighted by atomic mass is 16.5. The standard InChI is InChI=1S/C27H34N2O5/c1-18(11-14-26(31)32)15-16-28-25(30)13-12-19(2)29-27(33)34-17-24-22-9-5-3-7-20(22)21-8-4-6-10-23(21)24/h3-10,18-19,24H,11-17H2,1-2H3,(H,28,30)(H,29,33)(H,31,32). The molecule has 182 valence electrons. The molecule has 0 heterocycles. The number of carbonyl (C=O) groups excluding carboxylic acids is 2. The van der Waals surface area contributed by atoms with Gasteiger partial charge in [-0.15, -0.1) is 0 Å². The summed E-state index contributed by atoms with van der Waals surface area (Å²) in [5.74, 6) is -0.622. The lowest BCUT2D eigenvalue weighted by Crippen LogP contribution is -2.35. The van der Waals surface area contributed by atoms with Crippen LogP contribution in [0.3, 0.4) is 0 Å². The Balaban J connectivity index is 1.36. The highest BCUT2D eigenvalue weighted by Gasteiger charge is 2.29. The van der Waals surface area contributed by atoms with E-state index in [4.69, 9.17) is 9.84 Å². The van der Waals surface area contributed by atoms with E-state index in [1.165, 1.54) is 22.3 Å². The van der Waals surface area contributed by atoms with Gasteiger partial charge in [0.2, 0.25) is 5.91 Å². The van der Waals surface area contributed by atoms with Crippen molar-refractivity contribution in [2.45, 2.75) is 57.9 Å². The SMILES string of the molecule is CC(CCNC(=O)CCC(C)NC(=O)OCC1c2ccccc2-c2ccccc21)CCC(=O)O. The zero-order chi connectivity index (χ0) is 24.5. The average molecular weight is 467 g/mol. The Morgan fingerprint density at radius 1 is 0.912 bits per heavy atom. The third kappa shape index (κ3) is 7.07. The second-order valence-electron chi connectivity index (χ2n) is 9.09. The lowest BCUT2D eigenvalue weighted by molar-refractivity contribution is -0.137. The molecule has 7 nitrogen and oxygen atoms in total. The molecule has 34 heavy (non-hydrogen) atoms. The van der Waals surface area contributed by atoms with Gasteiger partial charge in [-0.2, -0.15) is 0 Å². The van der Waals surface area contributed by atoms with E-state index in [-0.39, 0.29) is 36.8 Å². The Bertz CT molecular complexity index is 961. The molecule has 0 aliphatic heterocycles. The lowest BCUT2D eigenvalue weighted by atomic mass is 9.98. The first-order chi connectivity index (χ1) is 16.3. The van der Waals surface area contributed by atoms with Crippen molar-refractivity contribution >= 4 is 18.0 Å². The van der Waals surface area contributed by atoms with Crippen LogP contribution in [0, 0.1) is 5.92 Å². The van der Waals surface area contributed by atoms with Crippen molar-refractivity contribution < 1.29 is 24.2 Å². The minimum absolute atomic E-state index is 0.0112. The van der Waals surface area contributed by atoms with Gasteiger partial charge in [0.1, 0.15) is 6.61 Å². The van der Waals surface area contributed by atoms with E-state index in [0.717, 1.165) is 6.42 Å². The molecule has 2 amide bonds. The van der Waals surface area contributed by atoms with Crippen LogP contribution in [0.2, 0.25) is 0 Å². The fourth-order valence-electron chi connectivity index (χ4n) is 4.32. The van der Waals surface area contributed by atoms with Gasteiger partial charge in [0.25, 0.3) is 0 Å². The fourth-order valence-corrected chi connectivity index (χ4v) is 4.32. The molecule has 0 bridgehead atoms. The minimum atomic E-state index is -0.797. The van der Waals surface area contributed by atoms with E-state index in [9.17, 15) is 14.4 Å². The van der Waals surface area contributed by atoms with Gasteiger partial charge in [-0.1, -0.05) is 55.5 Å². The topological polar surface area (TPSA) is 105 Å². The van der Waals surface area contributed by atoms with Crippen molar-refractivity contribution in [3.8, 4) is 11.1 Å². The van der Waals surface area contributed by atoms with Crippen LogP contribution in [0.1, 0.15) is 63.0 Å². The zero-order valence-electron chi connectivity index (χ0n) is 19.9. The molecule has 2 unspecified atom stereocenters. The van der Waals surface area contributed by atoms with Gasteiger partial charge >= 0.3 is 12.1 Å². The molecule has 1 aliphatic carbocycles. The van der Waals surface area contributed by atoms with Crippen molar-refractivity contribution in [3.05, 3.63) is 59.7 Å². The molecule has 2 aromatic rings. The second kappa shape index (κ2) is 12.2. The molecular formula is C27H34N2O5. The van der Waals surface area contributed by atoms with Crippen LogP contribution in [-0.2, 0) is 14.3 Å². The number of alkyl carbamates (subject to hydrolysis) is 1. The Kier molecular flexibility index (Phi) is 9.08. The van der Waals surface area contributed by atoms with Gasteiger partial charge in [0.05, 0.1) is 0 Å². The Morgan fingerprint density at radius 3 is 2.15 bits per heavy atom. The summed E-state index contributed by atoms with van der Waals surface area (Å²) in [4.78, 5) is 35.0. The first-order valence-corrected chi connectivity index (χ1v) is 11.9. The van der Waals surface area contributed by atoms with E-state index in [1.807, 2.05) is 38.1 Å². The number of ether oxygens (including phenoxy) is 1. The van der Waals surface area contributed by atoms with Crippen LogP contribution in [-0.4, -0.2) is 42.3 Å². The average Bonchev–Trinajstić information content (AvgIpc) is 3.14. The second-order valence-corrected chi connectivity index (χ2v) is 9.09. The smallest absolute Gasteiger partial charge is 0.407 e. The largest absolute Gasteiger partial charge is 0.481 e. The van der Waals surface area contributed by atoms with E-state index < -0.39 is 12.1 Å². The van der Waals surface area contributed by atoms with Crippen LogP contribution in [0.15, 0.2) is 48.5 Å². The first-order valence-electron chi connectivity index (χ1n) is 11.9. The molecule has 0 spiro atoms. The monoisotopic (exact) mass is 466 g/mol. The van der Waals surface area contributed by atoms with E-state index in [2.05, 4.69) is 34.9 Å². The normalized spacial score (nSPS) is 13.9. The number of aliphatic carboxylic acids is 1. The maximum absolute atomic E-state index is 12.4. The Morgan fingerprint density at radius 2 is 1.53 bits per heavy atom. The summed E-state index contributed by atoms with van der Waals surface area (Å²) in [6.45, 7) is 4.61. The summed E-state index contributed by atoms with van der Waals surface area (Å²) >= 11 is 0. The lowest BCUT2D eigenvalue weighted by Gasteiger charge is -2.17. The molecule has 3 N–H and O–H groups in total. The molecule has 3 rings (SSSR count). The zero-order valence-corrected chi connectivity index (χ0v) is 19.9. The van der Waals surface area contributed by atoms with Gasteiger partial charge in [-0.25, -0.2) is 4.79 Å². The molecule has 7 heteroatoms. The molecule has 0 saturated heterocycles. The summed E-state index contributed by atoms with van der Waals surface area (Å²) in [6.07, 6.45) is 1.81. The number of fused-ring (bicyclic) bond motifs is 3. The maximum atomic E-state index is 12.4. The molecule has 2 aromatic carbocycles. The number of amides is 2. The van der Waals surface area contributed by atoms with Gasteiger partial charge in [-0.3, -0.25) is 9.59 Å². The molecule has 1 aliphatic rings. The number of hydrogen-bond donors (Lipinski definition) is 3. The van der Waals surface area contributed by atoms with Crippen molar-refractivity contribution in [2.24, 2.45) is 5.92 Å². The highest BCUT2D eigenvalue weighted by molar-refractivity contribution is 5.79. The van der Waals surface area contributed by atoms with Gasteiger partial charge in [0.15, 0.2) is 0 Å². The Hall–Kier alpha value is -3.35. The van der Waals surface area contributed by atoms with Crippen molar-refractivity contribution in [1.29, 1.82) is 0 Å². The number of carboxylic acids is 1. The molecule has 2 atom stereocenters. The molecule has 0 radical (unpaired) electrons. The molecule has 0 fully saturated rings. The van der Waals surface area contributed by atoms with Crippen LogP contribution < -0.4 is 10.6 Å². The summed E-state index contributed by atoms with van der Waals surface area (Å²) in [6, 6.07) is 16.2. The van der Waals surface area contributed by atoms with Gasteiger partial charge in [-0.05, 0) is 54.4 Å². The molecule has 0 aromatic heterocycles. The number of benzene rings is 2. The quantitative estimate of drug-likeness (QED) is 0.421. The van der Waals surface area contributed by atoms with E-state index >= 15 is 0 Å². The summed E-state index contributed by atoms with van der Waals surface area (Å²) in [5.41, 5.74) is 4.70. The van der Waals surface area contributed by atoms with Crippen molar-refractivity contribution in [3.63, 3.8) is 0 Å². The maximum Gasteiger partial charge on any atom is 0.407 e. The fraction of sp³-hybridized carbons (Fsp3) is 0.444. The van der Waals surface area contributed by atoms with Crippen LogP contribution in [0.4, 0.5) is 4.79 Å². The molecule has 0 saturated carbocycles. The Labute approximate surface area is 200 Å². The number of carboxylic acid groups (broad SMARTS) is 1. The van der Waals surface area contributed by atoms with E-state index in [0.29, 0.717) is 25.8 Å². The minimum Gasteiger partial charge on any atom is -0.481 e.